The average molecular weight is 268 g/mol. The van der Waals surface area contributed by atoms with Crippen molar-refractivity contribution >= 4 is 0 Å². The van der Waals surface area contributed by atoms with E-state index in [9.17, 15) is 0 Å². The monoisotopic (exact) mass is 268 g/mol. The molecule has 20 heavy (non-hydrogen) atoms. The maximum atomic E-state index is 5.95. The van der Waals surface area contributed by atoms with Crippen LogP contribution in [0.15, 0.2) is 54.6 Å². The van der Waals surface area contributed by atoms with Gasteiger partial charge in [-0.1, -0.05) is 54.6 Å². The molecule has 0 heterocycles. The molecule has 0 aromatic heterocycles. The Morgan fingerprint density at radius 3 is 2.30 bits per heavy atom. The Labute approximate surface area is 122 Å². The fraction of sp³-hybridized carbons (Fsp3) is 0.333. The summed E-state index contributed by atoms with van der Waals surface area (Å²) in [5.41, 5.74) is 10.0. The Morgan fingerprint density at radius 2 is 1.65 bits per heavy atom. The summed E-state index contributed by atoms with van der Waals surface area (Å²) < 4.78 is 0. The Hall–Kier alpha value is -1.64. The molecule has 0 spiro atoms. The third-order valence-electron chi connectivity index (χ3n) is 3.79. The summed E-state index contributed by atoms with van der Waals surface area (Å²) in [6.07, 6.45) is 0. The highest BCUT2D eigenvalue weighted by Gasteiger charge is 2.12. The molecular weight excluding hydrogens is 244 g/mol. The highest BCUT2D eigenvalue weighted by atomic mass is 15.1. The zero-order valence-electron chi connectivity index (χ0n) is 12.4. The van der Waals surface area contributed by atoms with Gasteiger partial charge in [0, 0.05) is 25.6 Å². The van der Waals surface area contributed by atoms with E-state index in [4.69, 9.17) is 5.73 Å². The number of benzene rings is 2. The van der Waals surface area contributed by atoms with Crippen molar-refractivity contribution in [2.45, 2.75) is 19.4 Å². The SMILES string of the molecule is Cc1ccccc1CN(C)CC(CN)c1ccccc1. The van der Waals surface area contributed by atoms with Crippen LogP contribution in [0.1, 0.15) is 22.6 Å². The highest BCUT2D eigenvalue weighted by molar-refractivity contribution is 5.25. The third-order valence-corrected chi connectivity index (χ3v) is 3.79. The van der Waals surface area contributed by atoms with Crippen LogP contribution in [0.5, 0.6) is 0 Å². The van der Waals surface area contributed by atoms with Gasteiger partial charge >= 0.3 is 0 Å². The molecule has 0 saturated heterocycles. The molecule has 0 amide bonds. The van der Waals surface area contributed by atoms with Gasteiger partial charge in [0.25, 0.3) is 0 Å². The molecule has 1 atom stereocenters. The van der Waals surface area contributed by atoms with E-state index in [1.165, 1.54) is 16.7 Å². The number of rotatable bonds is 6. The molecule has 0 saturated carbocycles. The summed E-state index contributed by atoms with van der Waals surface area (Å²) in [4.78, 5) is 2.35. The standard InChI is InChI=1S/C18H24N2/c1-15-8-6-7-11-17(15)13-20(2)14-18(12-19)16-9-4-3-5-10-16/h3-11,18H,12-14,19H2,1-2H3. The summed E-state index contributed by atoms with van der Waals surface area (Å²) in [5, 5.41) is 0. The molecule has 1 unspecified atom stereocenters. The highest BCUT2D eigenvalue weighted by Crippen LogP contribution is 2.17. The van der Waals surface area contributed by atoms with Crippen LogP contribution in [0.4, 0.5) is 0 Å². The number of nitrogens with zero attached hydrogens (tertiary/aromatic N) is 1. The smallest absolute Gasteiger partial charge is 0.0233 e. The molecule has 2 N–H and O–H groups in total. The van der Waals surface area contributed by atoms with Crippen LogP contribution in [-0.4, -0.2) is 25.0 Å². The van der Waals surface area contributed by atoms with Gasteiger partial charge < -0.3 is 10.6 Å². The van der Waals surface area contributed by atoms with Gasteiger partial charge in [0.1, 0.15) is 0 Å². The third kappa shape index (κ3) is 3.92. The van der Waals surface area contributed by atoms with Crippen molar-refractivity contribution in [2.24, 2.45) is 5.73 Å². The maximum absolute atomic E-state index is 5.95. The van der Waals surface area contributed by atoms with Gasteiger partial charge in [0.05, 0.1) is 0 Å². The molecule has 2 heteroatoms. The minimum absolute atomic E-state index is 0.394. The van der Waals surface area contributed by atoms with Crippen molar-refractivity contribution in [3.8, 4) is 0 Å². The molecule has 2 aromatic rings. The first-order valence-corrected chi connectivity index (χ1v) is 7.18. The maximum Gasteiger partial charge on any atom is 0.0233 e. The molecule has 2 nitrogen and oxygen atoms in total. The molecule has 0 aliphatic rings. The quantitative estimate of drug-likeness (QED) is 0.872. The number of hydrogen-bond donors (Lipinski definition) is 1. The van der Waals surface area contributed by atoms with E-state index in [0.717, 1.165) is 13.1 Å². The largest absolute Gasteiger partial charge is 0.330 e. The van der Waals surface area contributed by atoms with Gasteiger partial charge in [-0.15, -0.1) is 0 Å². The van der Waals surface area contributed by atoms with E-state index < -0.39 is 0 Å². The summed E-state index contributed by atoms with van der Waals surface area (Å²) in [6.45, 7) is 4.80. The van der Waals surface area contributed by atoms with Crippen LogP contribution >= 0.6 is 0 Å². The second-order valence-electron chi connectivity index (χ2n) is 5.47. The van der Waals surface area contributed by atoms with Crippen molar-refractivity contribution in [3.05, 3.63) is 71.3 Å². The lowest BCUT2D eigenvalue weighted by atomic mass is 9.98. The normalized spacial score (nSPS) is 12.6. The lowest BCUT2D eigenvalue weighted by Gasteiger charge is -2.24. The van der Waals surface area contributed by atoms with Crippen molar-refractivity contribution in [2.75, 3.05) is 20.1 Å². The summed E-state index contributed by atoms with van der Waals surface area (Å²) >= 11 is 0. The van der Waals surface area contributed by atoms with Crippen molar-refractivity contribution in [1.29, 1.82) is 0 Å². The van der Waals surface area contributed by atoms with Crippen molar-refractivity contribution in [1.82, 2.24) is 4.90 Å². The Bertz CT molecular complexity index is 522. The summed E-state index contributed by atoms with van der Waals surface area (Å²) in [7, 11) is 2.16. The van der Waals surface area contributed by atoms with Gasteiger partial charge in [-0.2, -0.15) is 0 Å². The van der Waals surface area contributed by atoms with Crippen LogP contribution in [0.3, 0.4) is 0 Å². The van der Waals surface area contributed by atoms with E-state index in [2.05, 4.69) is 67.4 Å². The molecule has 106 valence electrons. The van der Waals surface area contributed by atoms with E-state index in [1.807, 2.05) is 6.07 Å². The molecule has 2 aromatic carbocycles. The van der Waals surface area contributed by atoms with Crippen molar-refractivity contribution < 1.29 is 0 Å². The fourth-order valence-electron chi connectivity index (χ4n) is 2.56. The molecule has 0 radical (unpaired) electrons. The number of nitrogens with two attached hydrogens (primary N) is 1. The van der Waals surface area contributed by atoms with Crippen LogP contribution in [-0.2, 0) is 6.54 Å². The predicted molar refractivity (Wildman–Crippen MR) is 85.8 cm³/mol. The number of hydrogen-bond acceptors (Lipinski definition) is 2. The lowest BCUT2D eigenvalue weighted by Crippen LogP contribution is -2.28. The van der Waals surface area contributed by atoms with Crippen LogP contribution < -0.4 is 5.73 Å². The lowest BCUT2D eigenvalue weighted by molar-refractivity contribution is 0.304. The average Bonchev–Trinajstić information content (AvgIpc) is 2.48. The molecule has 0 fully saturated rings. The zero-order chi connectivity index (χ0) is 14.4. The predicted octanol–water partition coefficient (Wildman–Crippen LogP) is 3.17. The topological polar surface area (TPSA) is 29.3 Å². The van der Waals surface area contributed by atoms with Crippen LogP contribution in [0.2, 0.25) is 0 Å². The number of likely N-dealkylation sites (N-methyl/N-ethyl adjacent to an activating group) is 1. The molecule has 0 aliphatic heterocycles. The van der Waals surface area contributed by atoms with Gasteiger partial charge in [-0.25, -0.2) is 0 Å². The van der Waals surface area contributed by atoms with Crippen LogP contribution in [0, 0.1) is 6.92 Å². The van der Waals surface area contributed by atoms with Crippen molar-refractivity contribution in [3.63, 3.8) is 0 Å². The molecule has 2 rings (SSSR count). The first-order valence-electron chi connectivity index (χ1n) is 7.18. The second-order valence-corrected chi connectivity index (χ2v) is 5.47. The minimum atomic E-state index is 0.394. The molecule has 0 aliphatic carbocycles. The summed E-state index contributed by atoms with van der Waals surface area (Å²) in [5.74, 6) is 0.394. The van der Waals surface area contributed by atoms with Gasteiger partial charge in [0.15, 0.2) is 0 Å². The first-order chi connectivity index (χ1) is 9.70. The summed E-state index contributed by atoms with van der Waals surface area (Å²) in [6, 6.07) is 19.1. The first kappa shape index (κ1) is 14.8. The van der Waals surface area contributed by atoms with Gasteiger partial charge in [-0.05, 0) is 30.7 Å². The van der Waals surface area contributed by atoms with E-state index in [-0.39, 0.29) is 0 Å². The van der Waals surface area contributed by atoms with Gasteiger partial charge in [-0.3, -0.25) is 0 Å². The van der Waals surface area contributed by atoms with E-state index in [0.29, 0.717) is 12.5 Å². The molecular formula is C18H24N2. The van der Waals surface area contributed by atoms with Gasteiger partial charge in [0.2, 0.25) is 0 Å². The van der Waals surface area contributed by atoms with Crippen LogP contribution in [0.25, 0.3) is 0 Å². The van der Waals surface area contributed by atoms with E-state index in [1.54, 1.807) is 0 Å². The van der Waals surface area contributed by atoms with E-state index >= 15 is 0 Å². The minimum Gasteiger partial charge on any atom is -0.330 e. The zero-order valence-corrected chi connectivity index (χ0v) is 12.4. The Balaban J connectivity index is 2.00. The second kappa shape index (κ2) is 7.22. The molecule has 0 bridgehead atoms. The Kier molecular flexibility index (Phi) is 5.33. The number of aryl methyl sites for hydroxylation is 1. The Morgan fingerprint density at radius 1 is 1.00 bits per heavy atom. The fourth-order valence-corrected chi connectivity index (χ4v) is 2.56.